The maximum atomic E-state index is 5.05. The molecule has 1 aromatic heterocycles. The van der Waals surface area contributed by atoms with E-state index in [0.29, 0.717) is 18.0 Å². The molecule has 0 radical (unpaired) electrons. The number of pyridine rings is 1. The van der Waals surface area contributed by atoms with Gasteiger partial charge in [-0.25, -0.2) is 4.98 Å². The summed E-state index contributed by atoms with van der Waals surface area (Å²) < 4.78 is 5.05. The number of nitrogens with zero attached hydrogens (tertiary/aromatic N) is 2. The average molecular weight is 278 g/mol. The Bertz CT molecular complexity index is 360. The van der Waals surface area contributed by atoms with Gasteiger partial charge in [0.25, 0.3) is 0 Å². The lowest BCUT2D eigenvalue weighted by atomic mass is 10.2. The van der Waals surface area contributed by atoms with Gasteiger partial charge in [-0.15, -0.1) is 24.8 Å². The van der Waals surface area contributed by atoms with Crippen LogP contribution in [0.4, 0.5) is 5.69 Å². The van der Waals surface area contributed by atoms with E-state index in [2.05, 4.69) is 21.3 Å². The number of anilines is 1. The minimum atomic E-state index is 0. The molecule has 0 aromatic carbocycles. The van der Waals surface area contributed by atoms with Crippen LogP contribution in [0, 0.1) is 0 Å². The molecule has 2 aliphatic rings. The normalized spacial score (nSPS) is 25.1. The minimum Gasteiger partial charge on any atom is -0.481 e. The first-order chi connectivity index (χ1) is 7.36. The van der Waals surface area contributed by atoms with E-state index in [1.807, 2.05) is 12.3 Å². The van der Waals surface area contributed by atoms with E-state index in [0.717, 1.165) is 13.1 Å². The Kier molecular flexibility index (Phi) is 4.86. The minimum absolute atomic E-state index is 0. The number of nitrogens with one attached hydrogen (secondary N) is 1. The molecular weight excluding hydrogens is 261 g/mol. The van der Waals surface area contributed by atoms with Crippen LogP contribution in [-0.2, 0) is 0 Å². The molecule has 0 aliphatic carbocycles. The second kappa shape index (κ2) is 5.76. The van der Waals surface area contributed by atoms with E-state index in [4.69, 9.17) is 4.74 Å². The Morgan fingerprint density at radius 1 is 1.41 bits per heavy atom. The third kappa shape index (κ3) is 2.59. The topological polar surface area (TPSA) is 37.4 Å². The molecule has 0 spiro atoms. The van der Waals surface area contributed by atoms with Gasteiger partial charge in [0.2, 0.25) is 5.88 Å². The van der Waals surface area contributed by atoms with Crippen molar-refractivity contribution >= 4 is 30.5 Å². The fourth-order valence-corrected chi connectivity index (χ4v) is 2.54. The highest BCUT2D eigenvalue weighted by atomic mass is 35.5. The quantitative estimate of drug-likeness (QED) is 0.889. The summed E-state index contributed by atoms with van der Waals surface area (Å²) in [7, 11) is 1.64. The summed E-state index contributed by atoms with van der Waals surface area (Å²) in [5.41, 5.74) is 1.21. The zero-order chi connectivity index (χ0) is 10.3. The third-order valence-electron chi connectivity index (χ3n) is 3.32. The molecule has 2 aliphatic heterocycles. The maximum absolute atomic E-state index is 5.05. The molecule has 2 saturated heterocycles. The van der Waals surface area contributed by atoms with Gasteiger partial charge in [-0.1, -0.05) is 0 Å². The Morgan fingerprint density at radius 2 is 2.24 bits per heavy atom. The first kappa shape index (κ1) is 14.4. The fraction of sp³-hybridized carbons (Fsp3) is 0.545. The second-order valence-corrected chi connectivity index (χ2v) is 4.21. The van der Waals surface area contributed by atoms with Crippen LogP contribution in [0.25, 0.3) is 0 Å². The molecule has 3 rings (SSSR count). The van der Waals surface area contributed by atoms with Crippen LogP contribution in [-0.4, -0.2) is 37.3 Å². The number of fused-ring (bicyclic) bond motifs is 2. The Hall–Kier alpha value is -0.710. The predicted molar refractivity (Wildman–Crippen MR) is 72.8 cm³/mol. The summed E-state index contributed by atoms with van der Waals surface area (Å²) in [5, 5.41) is 3.49. The van der Waals surface area contributed by atoms with Crippen molar-refractivity contribution in [3.05, 3.63) is 18.3 Å². The molecule has 1 aromatic rings. The summed E-state index contributed by atoms with van der Waals surface area (Å²) in [5.74, 6) is 0.682. The molecule has 0 amide bonds. The number of hydrogen-bond acceptors (Lipinski definition) is 4. The van der Waals surface area contributed by atoms with Gasteiger partial charge >= 0.3 is 0 Å². The number of halogens is 2. The highest BCUT2D eigenvalue weighted by molar-refractivity contribution is 5.85. The summed E-state index contributed by atoms with van der Waals surface area (Å²) >= 11 is 0. The van der Waals surface area contributed by atoms with Crippen molar-refractivity contribution in [1.29, 1.82) is 0 Å². The van der Waals surface area contributed by atoms with Crippen molar-refractivity contribution in [3.8, 4) is 5.88 Å². The van der Waals surface area contributed by atoms with E-state index in [-0.39, 0.29) is 24.8 Å². The van der Waals surface area contributed by atoms with Crippen LogP contribution in [0.5, 0.6) is 5.88 Å². The first-order valence-electron chi connectivity index (χ1n) is 5.37. The largest absolute Gasteiger partial charge is 0.481 e. The molecular formula is C11H17Cl2N3O. The molecule has 6 heteroatoms. The van der Waals surface area contributed by atoms with E-state index >= 15 is 0 Å². The highest BCUT2D eigenvalue weighted by Crippen LogP contribution is 2.29. The number of aromatic nitrogens is 1. The van der Waals surface area contributed by atoms with Crippen LogP contribution < -0.4 is 15.0 Å². The van der Waals surface area contributed by atoms with Gasteiger partial charge in [0.05, 0.1) is 19.0 Å². The van der Waals surface area contributed by atoms with Gasteiger partial charge in [0.15, 0.2) is 0 Å². The van der Waals surface area contributed by atoms with Gasteiger partial charge in [-0.3, -0.25) is 0 Å². The van der Waals surface area contributed by atoms with Crippen molar-refractivity contribution in [2.24, 2.45) is 0 Å². The summed E-state index contributed by atoms with van der Waals surface area (Å²) in [6.07, 6.45) is 3.17. The van der Waals surface area contributed by atoms with Crippen molar-refractivity contribution < 1.29 is 4.74 Å². The molecule has 2 fully saturated rings. The Balaban J connectivity index is 0.000000722. The maximum Gasteiger partial charge on any atom is 0.213 e. The zero-order valence-corrected chi connectivity index (χ0v) is 11.3. The summed E-state index contributed by atoms with van der Waals surface area (Å²) in [4.78, 5) is 6.68. The van der Waals surface area contributed by atoms with E-state index in [9.17, 15) is 0 Å². The van der Waals surface area contributed by atoms with Gasteiger partial charge in [-0.05, 0) is 12.5 Å². The lowest BCUT2D eigenvalue weighted by Crippen LogP contribution is -2.43. The molecule has 0 saturated carbocycles. The molecule has 2 bridgehead atoms. The molecule has 0 unspecified atom stereocenters. The van der Waals surface area contributed by atoms with E-state index < -0.39 is 0 Å². The zero-order valence-electron chi connectivity index (χ0n) is 9.63. The summed E-state index contributed by atoms with van der Waals surface area (Å²) in [6.45, 7) is 2.22. The van der Waals surface area contributed by atoms with E-state index in [1.165, 1.54) is 12.1 Å². The second-order valence-electron chi connectivity index (χ2n) is 4.21. The smallest absolute Gasteiger partial charge is 0.213 e. The van der Waals surface area contributed by atoms with Crippen LogP contribution >= 0.6 is 24.8 Å². The van der Waals surface area contributed by atoms with Gasteiger partial charge in [0.1, 0.15) is 0 Å². The number of ether oxygens (including phenoxy) is 1. The SMILES string of the molecule is COc1ccc(N2C[C@@H]3C[C@H]2CN3)cn1.Cl.Cl. The molecule has 3 heterocycles. The monoisotopic (exact) mass is 277 g/mol. The van der Waals surface area contributed by atoms with Crippen LogP contribution in [0.3, 0.4) is 0 Å². The predicted octanol–water partition coefficient (Wildman–Crippen LogP) is 1.48. The molecule has 4 nitrogen and oxygen atoms in total. The first-order valence-corrected chi connectivity index (χ1v) is 5.37. The highest BCUT2D eigenvalue weighted by Gasteiger charge is 2.37. The lowest BCUT2D eigenvalue weighted by molar-refractivity contribution is 0.398. The Labute approximate surface area is 114 Å². The van der Waals surface area contributed by atoms with E-state index in [1.54, 1.807) is 7.11 Å². The van der Waals surface area contributed by atoms with Crippen molar-refractivity contribution in [1.82, 2.24) is 10.3 Å². The van der Waals surface area contributed by atoms with Gasteiger partial charge in [-0.2, -0.15) is 0 Å². The number of methoxy groups -OCH3 is 1. The fourth-order valence-electron chi connectivity index (χ4n) is 2.54. The standard InChI is InChI=1S/C11H15N3O.2ClH/c1-15-11-3-2-9(5-13-11)14-7-8-4-10(14)6-12-8;;/h2-3,5,8,10,12H,4,6-7H2,1H3;2*1H/t8-,10-;;/m0../s1. The van der Waals surface area contributed by atoms with Crippen molar-refractivity contribution in [2.45, 2.75) is 18.5 Å². The van der Waals surface area contributed by atoms with Crippen LogP contribution in [0.15, 0.2) is 18.3 Å². The summed E-state index contributed by atoms with van der Waals surface area (Å²) in [6, 6.07) is 5.35. The van der Waals surface area contributed by atoms with Crippen molar-refractivity contribution in [3.63, 3.8) is 0 Å². The number of rotatable bonds is 2. The Morgan fingerprint density at radius 3 is 2.71 bits per heavy atom. The van der Waals surface area contributed by atoms with Crippen LogP contribution in [0.1, 0.15) is 6.42 Å². The number of hydrogen-bond donors (Lipinski definition) is 1. The molecule has 2 atom stereocenters. The van der Waals surface area contributed by atoms with Crippen molar-refractivity contribution in [2.75, 3.05) is 25.1 Å². The average Bonchev–Trinajstić information content (AvgIpc) is 2.91. The number of piperazine rings is 1. The van der Waals surface area contributed by atoms with Crippen LogP contribution in [0.2, 0.25) is 0 Å². The lowest BCUT2D eigenvalue weighted by Gasteiger charge is -2.29. The van der Waals surface area contributed by atoms with Gasteiger partial charge < -0.3 is 15.0 Å². The molecule has 17 heavy (non-hydrogen) atoms. The van der Waals surface area contributed by atoms with Gasteiger partial charge in [0, 0.05) is 31.2 Å². The third-order valence-corrected chi connectivity index (χ3v) is 3.32. The molecule has 1 N–H and O–H groups in total. The molecule has 96 valence electrons.